The second-order valence-corrected chi connectivity index (χ2v) is 6.91. The first-order chi connectivity index (χ1) is 9.48. The molecule has 1 N–H and O–H groups in total. The van der Waals surface area contributed by atoms with Crippen molar-refractivity contribution in [1.29, 1.82) is 0 Å². The van der Waals surface area contributed by atoms with E-state index in [9.17, 15) is 0 Å². The average molecular weight is 298 g/mol. The molecule has 0 amide bonds. The van der Waals surface area contributed by atoms with E-state index in [0.29, 0.717) is 11.5 Å². The van der Waals surface area contributed by atoms with E-state index in [-0.39, 0.29) is 0 Å². The van der Waals surface area contributed by atoms with Gasteiger partial charge < -0.3 is 5.32 Å². The molecule has 1 saturated carbocycles. The molecule has 1 fully saturated rings. The SMILES string of the molecule is CCCNC(Cc1c(C)nn(C)c1Cl)C1(C)CCCC1. The summed E-state index contributed by atoms with van der Waals surface area (Å²) >= 11 is 6.42. The minimum Gasteiger partial charge on any atom is -0.313 e. The molecule has 1 aliphatic carbocycles. The van der Waals surface area contributed by atoms with E-state index in [1.165, 1.54) is 37.7 Å². The van der Waals surface area contributed by atoms with Crippen LogP contribution in [0.5, 0.6) is 0 Å². The van der Waals surface area contributed by atoms with E-state index >= 15 is 0 Å². The van der Waals surface area contributed by atoms with Crippen LogP contribution in [0.15, 0.2) is 0 Å². The van der Waals surface area contributed by atoms with Crippen LogP contribution in [-0.2, 0) is 13.5 Å². The topological polar surface area (TPSA) is 29.9 Å². The van der Waals surface area contributed by atoms with Crippen LogP contribution in [0.1, 0.15) is 57.2 Å². The molecule has 0 aromatic carbocycles. The van der Waals surface area contributed by atoms with E-state index in [1.54, 1.807) is 4.68 Å². The quantitative estimate of drug-likeness (QED) is 0.864. The number of halogens is 1. The third-order valence-electron chi connectivity index (χ3n) is 4.91. The average Bonchev–Trinajstić information content (AvgIpc) is 2.94. The predicted octanol–water partition coefficient (Wildman–Crippen LogP) is 3.87. The predicted molar refractivity (Wildman–Crippen MR) is 85.3 cm³/mol. The Morgan fingerprint density at radius 3 is 2.55 bits per heavy atom. The van der Waals surface area contributed by atoms with Crippen LogP contribution >= 0.6 is 11.6 Å². The third kappa shape index (κ3) is 3.20. The first-order valence-corrected chi connectivity index (χ1v) is 8.27. The highest BCUT2D eigenvalue weighted by Gasteiger charge is 2.37. The fourth-order valence-corrected chi connectivity index (χ4v) is 3.78. The Morgan fingerprint density at radius 1 is 1.40 bits per heavy atom. The van der Waals surface area contributed by atoms with Gasteiger partial charge in [0.05, 0.1) is 5.69 Å². The highest BCUT2D eigenvalue weighted by atomic mass is 35.5. The largest absolute Gasteiger partial charge is 0.313 e. The molecule has 0 bridgehead atoms. The Balaban J connectivity index is 2.19. The summed E-state index contributed by atoms with van der Waals surface area (Å²) in [5, 5.41) is 9.02. The van der Waals surface area contributed by atoms with Crippen LogP contribution in [0.3, 0.4) is 0 Å². The summed E-state index contributed by atoms with van der Waals surface area (Å²) in [6.45, 7) is 7.81. The van der Waals surface area contributed by atoms with Crippen molar-refractivity contribution in [3.8, 4) is 0 Å². The molecule has 1 aromatic rings. The first kappa shape index (κ1) is 15.8. The summed E-state index contributed by atoms with van der Waals surface area (Å²) in [5.41, 5.74) is 2.69. The highest BCUT2D eigenvalue weighted by Crippen LogP contribution is 2.42. The van der Waals surface area contributed by atoms with Gasteiger partial charge >= 0.3 is 0 Å². The molecule has 0 aliphatic heterocycles. The summed E-state index contributed by atoms with van der Waals surface area (Å²) in [6, 6.07) is 0.505. The Kier molecular flexibility index (Phi) is 5.14. The molecule has 4 heteroatoms. The maximum atomic E-state index is 6.42. The third-order valence-corrected chi connectivity index (χ3v) is 5.38. The zero-order valence-corrected chi connectivity index (χ0v) is 14.1. The molecule has 2 rings (SSSR count). The van der Waals surface area contributed by atoms with Gasteiger partial charge in [0, 0.05) is 18.7 Å². The number of aryl methyl sites for hydroxylation is 2. The molecular formula is C16H28ClN3. The second-order valence-electron chi connectivity index (χ2n) is 6.55. The van der Waals surface area contributed by atoms with Crippen molar-refractivity contribution in [3.05, 3.63) is 16.4 Å². The first-order valence-electron chi connectivity index (χ1n) is 7.89. The van der Waals surface area contributed by atoms with Gasteiger partial charge in [-0.05, 0) is 44.6 Å². The van der Waals surface area contributed by atoms with Gasteiger partial charge in [-0.2, -0.15) is 5.10 Å². The number of aromatic nitrogens is 2. The number of nitrogens with one attached hydrogen (secondary N) is 1. The molecule has 1 aliphatic rings. The molecule has 1 unspecified atom stereocenters. The van der Waals surface area contributed by atoms with Crippen LogP contribution < -0.4 is 5.32 Å². The smallest absolute Gasteiger partial charge is 0.130 e. The lowest BCUT2D eigenvalue weighted by atomic mass is 9.78. The minimum absolute atomic E-state index is 0.404. The van der Waals surface area contributed by atoms with E-state index in [1.807, 2.05) is 7.05 Å². The van der Waals surface area contributed by atoms with Gasteiger partial charge in [-0.25, -0.2) is 0 Å². The Morgan fingerprint density at radius 2 is 2.05 bits per heavy atom. The van der Waals surface area contributed by atoms with Gasteiger partial charge in [-0.15, -0.1) is 0 Å². The summed E-state index contributed by atoms with van der Waals surface area (Å²) in [7, 11) is 1.92. The molecule has 114 valence electrons. The van der Waals surface area contributed by atoms with Crippen molar-refractivity contribution < 1.29 is 0 Å². The van der Waals surface area contributed by atoms with Gasteiger partial charge in [0.25, 0.3) is 0 Å². The van der Waals surface area contributed by atoms with E-state index in [4.69, 9.17) is 11.6 Å². The van der Waals surface area contributed by atoms with Crippen molar-refractivity contribution in [2.45, 2.75) is 65.3 Å². The monoisotopic (exact) mass is 297 g/mol. The standard InChI is InChI=1S/C16H28ClN3/c1-5-10-18-14(16(3)8-6-7-9-16)11-13-12(2)19-20(4)15(13)17/h14,18H,5-11H2,1-4H3. The lowest BCUT2D eigenvalue weighted by molar-refractivity contribution is 0.219. The Labute approximate surface area is 128 Å². The van der Waals surface area contributed by atoms with E-state index in [2.05, 4.69) is 31.2 Å². The summed E-state index contributed by atoms with van der Waals surface area (Å²) in [4.78, 5) is 0. The second kappa shape index (κ2) is 6.48. The van der Waals surface area contributed by atoms with Gasteiger partial charge in [-0.3, -0.25) is 4.68 Å². The number of hydrogen-bond donors (Lipinski definition) is 1. The van der Waals surface area contributed by atoms with Crippen LogP contribution in [0.2, 0.25) is 5.15 Å². The fraction of sp³-hybridized carbons (Fsp3) is 0.812. The van der Waals surface area contributed by atoms with Crippen molar-refractivity contribution in [3.63, 3.8) is 0 Å². The Hall–Kier alpha value is -0.540. The molecule has 1 aromatic heterocycles. The molecule has 20 heavy (non-hydrogen) atoms. The lowest BCUT2D eigenvalue weighted by Crippen LogP contribution is -2.44. The maximum Gasteiger partial charge on any atom is 0.130 e. The van der Waals surface area contributed by atoms with Crippen molar-refractivity contribution in [1.82, 2.24) is 15.1 Å². The molecule has 1 heterocycles. The normalized spacial score (nSPS) is 19.4. The van der Waals surface area contributed by atoms with E-state index in [0.717, 1.165) is 23.8 Å². The van der Waals surface area contributed by atoms with Gasteiger partial charge in [0.2, 0.25) is 0 Å². The number of rotatable bonds is 6. The molecular weight excluding hydrogens is 270 g/mol. The van der Waals surface area contributed by atoms with Gasteiger partial charge in [-0.1, -0.05) is 38.3 Å². The summed E-state index contributed by atoms with van der Waals surface area (Å²) < 4.78 is 1.79. The molecule has 1 atom stereocenters. The Bertz CT molecular complexity index is 447. The van der Waals surface area contributed by atoms with Gasteiger partial charge in [0.1, 0.15) is 5.15 Å². The molecule has 0 radical (unpaired) electrons. The fourth-order valence-electron chi connectivity index (χ4n) is 3.52. The maximum absolute atomic E-state index is 6.42. The van der Waals surface area contributed by atoms with Crippen molar-refractivity contribution in [2.75, 3.05) is 6.54 Å². The number of hydrogen-bond acceptors (Lipinski definition) is 2. The summed E-state index contributed by atoms with van der Waals surface area (Å²) in [6.07, 6.45) is 7.54. The lowest BCUT2D eigenvalue weighted by Gasteiger charge is -2.35. The van der Waals surface area contributed by atoms with Crippen LogP contribution in [-0.4, -0.2) is 22.4 Å². The highest BCUT2D eigenvalue weighted by molar-refractivity contribution is 6.30. The van der Waals surface area contributed by atoms with Crippen molar-refractivity contribution in [2.24, 2.45) is 12.5 Å². The zero-order valence-electron chi connectivity index (χ0n) is 13.3. The van der Waals surface area contributed by atoms with Crippen LogP contribution in [0.25, 0.3) is 0 Å². The van der Waals surface area contributed by atoms with Crippen LogP contribution in [0, 0.1) is 12.3 Å². The van der Waals surface area contributed by atoms with Crippen LogP contribution in [0.4, 0.5) is 0 Å². The number of nitrogens with zero attached hydrogens (tertiary/aromatic N) is 2. The zero-order chi connectivity index (χ0) is 14.8. The molecule has 0 spiro atoms. The summed E-state index contributed by atoms with van der Waals surface area (Å²) in [5.74, 6) is 0. The van der Waals surface area contributed by atoms with E-state index < -0.39 is 0 Å². The molecule has 3 nitrogen and oxygen atoms in total. The minimum atomic E-state index is 0.404. The van der Waals surface area contributed by atoms with Crippen molar-refractivity contribution >= 4 is 11.6 Å². The molecule has 0 saturated heterocycles. The van der Waals surface area contributed by atoms with Gasteiger partial charge in [0.15, 0.2) is 0 Å².